The van der Waals surface area contributed by atoms with Crippen LogP contribution >= 0.6 is 0 Å². The lowest BCUT2D eigenvalue weighted by atomic mass is 9.99. The molecule has 2 N–H and O–H groups in total. The Balaban J connectivity index is 3.18. The second-order valence-corrected chi connectivity index (χ2v) is 3.95. The van der Waals surface area contributed by atoms with Gasteiger partial charge in [-0.3, -0.25) is 4.79 Å². The molecule has 92 valence electrons. The molecule has 4 heteroatoms. The topological polar surface area (TPSA) is 69.4 Å². The van der Waals surface area contributed by atoms with Gasteiger partial charge < -0.3 is 10.5 Å². The highest BCUT2D eigenvalue weighted by atomic mass is 16.5. The van der Waals surface area contributed by atoms with Crippen LogP contribution in [0.2, 0.25) is 0 Å². The number of nitrogens with two attached hydrogens (primary N) is 1. The van der Waals surface area contributed by atoms with E-state index in [4.69, 9.17) is 5.73 Å². The highest BCUT2D eigenvalue weighted by Gasteiger charge is 2.15. The summed E-state index contributed by atoms with van der Waals surface area (Å²) < 4.78 is 4.65. The zero-order chi connectivity index (χ0) is 13.0. The molecule has 1 rings (SSSR count). The van der Waals surface area contributed by atoms with Crippen LogP contribution in [-0.2, 0) is 16.0 Å². The zero-order valence-corrected chi connectivity index (χ0v) is 10.4. The van der Waals surface area contributed by atoms with Crippen LogP contribution in [0, 0.1) is 6.92 Å². The molecule has 0 bridgehead atoms. The van der Waals surface area contributed by atoms with E-state index in [1.807, 2.05) is 13.0 Å². The van der Waals surface area contributed by atoms with E-state index in [1.54, 1.807) is 13.0 Å². The predicted octanol–water partition coefficient (Wildman–Crippen LogP) is 1.89. The van der Waals surface area contributed by atoms with Crippen LogP contribution in [0.3, 0.4) is 0 Å². The number of Topliss-reactive ketones (excluding diaryl/α,β-unsaturated/α-hetero) is 1. The first-order valence-electron chi connectivity index (χ1n) is 5.48. The van der Waals surface area contributed by atoms with Crippen molar-refractivity contribution in [2.75, 3.05) is 12.8 Å². The third-order valence-electron chi connectivity index (χ3n) is 2.60. The molecule has 0 fully saturated rings. The van der Waals surface area contributed by atoms with E-state index in [9.17, 15) is 9.59 Å². The van der Waals surface area contributed by atoms with Gasteiger partial charge in [-0.25, -0.2) is 4.79 Å². The maximum absolute atomic E-state index is 11.5. The number of carbonyl (C=O) groups excluding carboxylic acids is 2. The van der Waals surface area contributed by atoms with E-state index < -0.39 is 5.97 Å². The van der Waals surface area contributed by atoms with Gasteiger partial charge >= 0.3 is 5.97 Å². The summed E-state index contributed by atoms with van der Waals surface area (Å²) in [5.74, 6) is -0.380. The summed E-state index contributed by atoms with van der Waals surface area (Å²) >= 11 is 0. The molecule has 17 heavy (non-hydrogen) atoms. The first-order valence-corrected chi connectivity index (χ1v) is 5.48. The minimum Gasteiger partial charge on any atom is -0.465 e. The van der Waals surface area contributed by atoms with Crippen molar-refractivity contribution in [2.24, 2.45) is 0 Å². The summed E-state index contributed by atoms with van der Waals surface area (Å²) in [6.07, 6.45) is 0.717. The van der Waals surface area contributed by atoms with Crippen molar-refractivity contribution in [1.82, 2.24) is 0 Å². The van der Waals surface area contributed by atoms with E-state index in [2.05, 4.69) is 4.74 Å². The number of esters is 1. The Hall–Kier alpha value is -1.84. The first kappa shape index (κ1) is 13.2. The van der Waals surface area contributed by atoms with Gasteiger partial charge in [0.15, 0.2) is 0 Å². The van der Waals surface area contributed by atoms with E-state index in [-0.39, 0.29) is 12.2 Å². The number of anilines is 1. The number of carbonyl (C=O) groups is 2. The Morgan fingerprint density at radius 2 is 2.00 bits per heavy atom. The van der Waals surface area contributed by atoms with Gasteiger partial charge in [0.1, 0.15) is 5.78 Å². The molecule has 4 nitrogen and oxygen atoms in total. The highest BCUT2D eigenvalue weighted by Crippen LogP contribution is 2.22. The quantitative estimate of drug-likeness (QED) is 0.639. The third kappa shape index (κ3) is 3.06. The molecule has 0 aromatic heterocycles. The number of ether oxygens (including phenoxy) is 1. The molecule has 0 aliphatic carbocycles. The molecule has 0 atom stereocenters. The molecule has 0 radical (unpaired) electrons. The average Bonchev–Trinajstić information content (AvgIpc) is 2.32. The van der Waals surface area contributed by atoms with Crippen LogP contribution in [0.15, 0.2) is 12.1 Å². The van der Waals surface area contributed by atoms with Crippen molar-refractivity contribution < 1.29 is 14.3 Å². The van der Waals surface area contributed by atoms with Crippen LogP contribution in [-0.4, -0.2) is 18.9 Å². The maximum atomic E-state index is 11.5. The Morgan fingerprint density at radius 1 is 1.35 bits per heavy atom. The Labute approximate surface area is 101 Å². The van der Waals surface area contributed by atoms with E-state index in [0.717, 1.165) is 5.56 Å². The normalized spacial score (nSPS) is 10.1. The number of hydrogen-bond donors (Lipinski definition) is 1. The van der Waals surface area contributed by atoms with Crippen LogP contribution in [0.25, 0.3) is 0 Å². The van der Waals surface area contributed by atoms with Gasteiger partial charge in [-0.2, -0.15) is 0 Å². The van der Waals surface area contributed by atoms with Gasteiger partial charge in [-0.05, 0) is 24.1 Å². The standard InChI is InChI=1S/C13H17NO3/c1-4-10(15)7-9-5-8(2)6-11(12(9)14)13(16)17-3/h5-6H,4,7,14H2,1-3H3. The smallest absolute Gasteiger partial charge is 0.339 e. The highest BCUT2D eigenvalue weighted by molar-refractivity contribution is 5.97. The molecule has 0 spiro atoms. The summed E-state index contributed by atoms with van der Waals surface area (Å²) in [4.78, 5) is 22.9. The lowest BCUT2D eigenvalue weighted by molar-refractivity contribution is -0.118. The van der Waals surface area contributed by atoms with Gasteiger partial charge in [0.05, 0.1) is 12.7 Å². The van der Waals surface area contributed by atoms with Crippen molar-refractivity contribution in [1.29, 1.82) is 0 Å². The molecule has 0 heterocycles. The second kappa shape index (κ2) is 5.48. The summed E-state index contributed by atoms with van der Waals surface area (Å²) in [5.41, 5.74) is 8.12. The SMILES string of the molecule is CCC(=O)Cc1cc(C)cc(C(=O)OC)c1N. The third-order valence-corrected chi connectivity index (χ3v) is 2.60. The number of aryl methyl sites for hydroxylation is 1. The molecule has 1 aromatic carbocycles. The number of methoxy groups -OCH3 is 1. The van der Waals surface area contributed by atoms with Gasteiger partial charge in [0.2, 0.25) is 0 Å². The fourth-order valence-electron chi connectivity index (χ4n) is 1.64. The average molecular weight is 235 g/mol. The Morgan fingerprint density at radius 3 is 2.53 bits per heavy atom. The van der Waals surface area contributed by atoms with E-state index in [1.165, 1.54) is 7.11 Å². The van der Waals surface area contributed by atoms with Crippen LogP contribution in [0.1, 0.15) is 34.8 Å². The van der Waals surface area contributed by atoms with Gasteiger partial charge in [0.25, 0.3) is 0 Å². The number of hydrogen-bond acceptors (Lipinski definition) is 4. The maximum Gasteiger partial charge on any atom is 0.339 e. The van der Waals surface area contributed by atoms with Crippen molar-refractivity contribution in [3.05, 3.63) is 28.8 Å². The number of rotatable bonds is 4. The molecule has 0 saturated carbocycles. The van der Waals surface area contributed by atoms with Crippen molar-refractivity contribution in [2.45, 2.75) is 26.7 Å². The Bertz CT molecular complexity index is 452. The van der Waals surface area contributed by atoms with Crippen molar-refractivity contribution >= 4 is 17.4 Å². The number of nitrogen functional groups attached to an aromatic ring is 1. The second-order valence-electron chi connectivity index (χ2n) is 3.95. The monoisotopic (exact) mass is 235 g/mol. The summed E-state index contributed by atoms with van der Waals surface area (Å²) in [6.45, 7) is 3.65. The molecule has 0 unspecified atom stereocenters. The summed E-state index contributed by atoms with van der Waals surface area (Å²) in [5, 5.41) is 0. The van der Waals surface area contributed by atoms with Gasteiger partial charge in [-0.15, -0.1) is 0 Å². The fourth-order valence-corrected chi connectivity index (χ4v) is 1.64. The minimum atomic E-state index is -0.476. The molecular formula is C13H17NO3. The molecule has 1 aromatic rings. The van der Waals surface area contributed by atoms with Crippen LogP contribution in [0.4, 0.5) is 5.69 Å². The first-order chi connectivity index (χ1) is 7.99. The fraction of sp³-hybridized carbons (Fsp3) is 0.385. The van der Waals surface area contributed by atoms with E-state index in [0.29, 0.717) is 23.2 Å². The zero-order valence-electron chi connectivity index (χ0n) is 10.4. The largest absolute Gasteiger partial charge is 0.465 e. The summed E-state index contributed by atoms with van der Waals surface area (Å²) in [6, 6.07) is 3.50. The predicted molar refractivity (Wildman–Crippen MR) is 65.9 cm³/mol. The van der Waals surface area contributed by atoms with Gasteiger partial charge in [-0.1, -0.05) is 13.0 Å². The van der Waals surface area contributed by atoms with Crippen LogP contribution < -0.4 is 5.73 Å². The summed E-state index contributed by atoms with van der Waals surface area (Å²) in [7, 11) is 1.31. The minimum absolute atomic E-state index is 0.0955. The van der Waals surface area contributed by atoms with Crippen LogP contribution in [0.5, 0.6) is 0 Å². The van der Waals surface area contributed by atoms with E-state index >= 15 is 0 Å². The molecule has 0 aliphatic rings. The van der Waals surface area contributed by atoms with Crippen molar-refractivity contribution in [3.8, 4) is 0 Å². The van der Waals surface area contributed by atoms with Crippen molar-refractivity contribution in [3.63, 3.8) is 0 Å². The number of benzene rings is 1. The molecule has 0 amide bonds. The molecule has 0 aliphatic heterocycles. The van der Waals surface area contributed by atoms with Gasteiger partial charge in [0, 0.05) is 18.5 Å². The molecular weight excluding hydrogens is 218 g/mol. The molecule has 0 saturated heterocycles. The number of ketones is 1. The Kier molecular flexibility index (Phi) is 4.26. The lowest BCUT2D eigenvalue weighted by Crippen LogP contribution is -2.11. The lowest BCUT2D eigenvalue weighted by Gasteiger charge is -2.10.